The second-order valence-electron chi connectivity index (χ2n) is 4.03. The third-order valence-corrected chi connectivity index (χ3v) is 2.73. The largest absolute Gasteiger partial charge is 0.271 e. The smallest absolute Gasteiger partial charge is 0.0210 e. The van der Waals surface area contributed by atoms with E-state index in [0.717, 1.165) is 6.42 Å². The fourth-order valence-electron chi connectivity index (χ4n) is 1.86. The monoisotopic (exact) mass is 206 g/mol. The molecule has 1 unspecified atom stereocenters. The van der Waals surface area contributed by atoms with Crippen LogP contribution in [0, 0.1) is 0 Å². The van der Waals surface area contributed by atoms with Crippen LogP contribution < -0.4 is 11.3 Å². The van der Waals surface area contributed by atoms with E-state index in [0.29, 0.717) is 6.04 Å². The zero-order chi connectivity index (χ0) is 10.9. The molecule has 0 radical (unpaired) electrons. The molecule has 1 aromatic rings. The van der Waals surface area contributed by atoms with Crippen molar-refractivity contribution in [2.45, 2.75) is 45.1 Å². The SMILES string of the molecule is CCCC(CCCc1ccccc1)NN. The third-order valence-electron chi connectivity index (χ3n) is 2.73. The molecule has 0 saturated heterocycles. The lowest BCUT2D eigenvalue weighted by atomic mass is 10.0. The maximum absolute atomic E-state index is 5.49. The predicted molar refractivity (Wildman–Crippen MR) is 65.4 cm³/mol. The van der Waals surface area contributed by atoms with Gasteiger partial charge in [-0.3, -0.25) is 11.3 Å². The second kappa shape index (κ2) is 7.43. The average Bonchev–Trinajstić information content (AvgIpc) is 2.29. The fourth-order valence-corrected chi connectivity index (χ4v) is 1.86. The molecule has 2 heteroatoms. The van der Waals surface area contributed by atoms with Crippen LogP contribution in [0.15, 0.2) is 30.3 Å². The molecule has 1 atom stereocenters. The van der Waals surface area contributed by atoms with Crippen LogP contribution in [0.25, 0.3) is 0 Å². The lowest BCUT2D eigenvalue weighted by Crippen LogP contribution is -2.34. The molecule has 3 N–H and O–H groups in total. The van der Waals surface area contributed by atoms with Gasteiger partial charge in [-0.2, -0.15) is 0 Å². The number of nitrogens with one attached hydrogen (secondary N) is 1. The molecule has 0 saturated carbocycles. The van der Waals surface area contributed by atoms with Gasteiger partial charge in [-0.05, 0) is 31.2 Å². The molecule has 1 rings (SSSR count). The number of benzene rings is 1. The molecule has 2 nitrogen and oxygen atoms in total. The van der Waals surface area contributed by atoms with Crippen LogP contribution in [0.1, 0.15) is 38.2 Å². The van der Waals surface area contributed by atoms with Crippen molar-refractivity contribution in [1.82, 2.24) is 5.43 Å². The highest BCUT2D eigenvalue weighted by Crippen LogP contribution is 2.08. The second-order valence-corrected chi connectivity index (χ2v) is 4.03. The van der Waals surface area contributed by atoms with E-state index in [9.17, 15) is 0 Å². The Labute approximate surface area is 92.8 Å². The summed E-state index contributed by atoms with van der Waals surface area (Å²) >= 11 is 0. The Kier molecular flexibility index (Phi) is 6.05. The Morgan fingerprint density at radius 2 is 1.93 bits per heavy atom. The van der Waals surface area contributed by atoms with E-state index in [1.807, 2.05) is 0 Å². The third kappa shape index (κ3) is 4.96. The van der Waals surface area contributed by atoms with Crippen molar-refractivity contribution in [1.29, 1.82) is 0 Å². The van der Waals surface area contributed by atoms with Crippen LogP contribution in [0.2, 0.25) is 0 Å². The zero-order valence-electron chi connectivity index (χ0n) is 9.58. The van der Waals surface area contributed by atoms with Crippen molar-refractivity contribution in [3.63, 3.8) is 0 Å². The standard InChI is InChI=1S/C13H22N2/c1-2-7-13(15-14)11-6-10-12-8-4-3-5-9-12/h3-5,8-9,13,15H,2,6-7,10-11,14H2,1H3. The fraction of sp³-hybridized carbons (Fsp3) is 0.538. The predicted octanol–water partition coefficient (Wildman–Crippen LogP) is 2.64. The number of hydrogen-bond donors (Lipinski definition) is 2. The summed E-state index contributed by atoms with van der Waals surface area (Å²) in [6.07, 6.45) is 5.90. The lowest BCUT2D eigenvalue weighted by Gasteiger charge is -2.14. The summed E-state index contributed by atoms with van der Waals surface area (Å²) in [5.74, 6) is 5.49. The number of rotatable bonds is 7. The molecule has 84 valence electrons. The summed E-state index contributed by atoms with van der Waals surface area (Å²) < 4.78 is 0. The van der Waals surface area contributed by atoms with Gasteiger partial charge in [-0.1, -0.05) is 43.7 Å². The lowest BCUT2D eigenvalue weighted by molar-refractivity contribution is 0.447. The first kappa shape index (κ1) is 12.2. The Morgan fingerprint density at radius 3 is 2.53 bits per heavy atom. The Balaban J connectivity index is 2.20. The van der Waals surface area contributed by atoms with Gasteiger partial charge in [0.2, 0.25) is 0 Å². The van der Waals surface area contributed by atoms with Gasteiger partial charge in [0.25, 0.3) is 0 Å². The maximum atomic E-state index is 5.49. The van der Waals surface area contributed by atoms with Gasteiger partial charge < -0.3 is 0 Å². The maximum Gasteiger partial charge on any atom is 0.0210 e. The number of hydrazine groups is 1. The normalized spacial score (nSPS) is 12.7. The van der Waals surface area contributed by atoms with Crippen LogP contribution in [0.3, 0.4) is 0 Å². The van der Waals surface area contributed by atoms with E-state index in [-0.39, 0.29) is 0 Å². The van der Waals surface area contributed by atoms with Crippen molar-refractivity contribution in [2.24, 2.45) is 5.84 Å². The Hall–Kier alpha value is -0.860. The van der Waals surface area contributed by atoms with E-state index in [4.69, 9.17) is 5.84 Å². The molecule has 0 bridgehead atoms. The molecule has 1 aromatic carbocycles. The van der Waals surface area contributed by atoms with Gasteiger partial charge in [0.15, 0.2) is 0 Å². The summed E-state index contributed by atoms with van der Waals surface area (Å²) in [5, 5.41) is 0. The summed E-state index contributed by atoms with van der Waals surface area (Å²) in [6.45, 7) is 2.20. The molecule has 0 aliphatic carbocycles. The van der Waals surface area contributed by atoms with Crippen LogP contribution in [-0.2, 0) is 6.42 Å². The zero-order valence-corrected chi connectivity index (χ0v) is 9.58. The van der Waals surface area contributed by atoms with Crippen molar-refractivity contribution in [3.05, 3.63) is 35.9 Å². The van der Waals surface area contributed by atoms with Crippen molar-refractivity contribution in [3.8, 4) is 0 Å². The Bertz CT molecular complexity index is 246. The van der Waals surface area contributed by atoms with Gasteiger partial charge in [-0.25, -0.2) is 0 Å². The summed E-state index contributed by atoms with van der Waals surface area (Å²) in [7, 11) is 0. The highest BCUT2D eigenvalue weighted by Gasteiger charge is 2.04. The van der Waals surface area contributed by atoms with Crippen LogP contribution in [0.5, 0.6) is 0 Å². The van der Waals surface area contributed by atoms with Gasteiger partial charge in [0, 0.05) is 6.04 Å². The first-order valence-electron chi connectivity index (χ1n) is 5.87. The summed E-state index contributed by atoms with van der Waals surface area (Å²) in [6, 6.07) is 11.1. The van der Waals surface area contributed by atoms with E-state index >= 15 is 0 Å². The van der Waals surface area contributed by atoms with Crippen molar-refractivity contribution >= 4 is 0 Å². The first-order valence-corrected chi connectivity index (χ1v) is 5.87. The number of aryl methyl sites for hydroxylation is 1. The minimum absolute atomic E-state index is 0.485. The Morgan fingerprint density at radius 1 is 1.20 bits per heavy atom. The molecule has 0 aliphatic rings. The minimum Gasteiger partial charge on any atom is -0.271 e. The van der Waals surface area contributed by atoms with E-state index in [1.54, 1.807) is 0 Å². The summed E-state index contributed by atoms with van der Waals surface area (Å²) in [5.41, 5.74) is 4.31. The van der Waals surface area contributed by atoms with Crippen molar-refractivity contribution < 1.29 is 0 Å². The van der Waals surface area contributed by atoms with Crippen LogP contribution in [0.4, 0.5) is 0 Å². The highest BCUT2D eigenvalue weighted by molar-refractivity contribution is 5.14. The molecule has 0 aromatic heterocycles. The molecule has 15 heavy (non-hydrogen) atoms. The van der Waals surface area contributed by atoms with E-state index in [1.165, 1.54) is 31.2 Å². The van der Waals surface area contributed by atoms with Gasteiger partial charge in [0.1, 0.15) is 0 Å². The van der Waals surface area contributed by atoms with Gasteiger partial charge in [0.05, 0.1) is 0 Å². The van der Waals surface area contributed by atoms with Crippen LogP contribution in [-0.4, -0.2) is 6.04 Å². The van der Waals surface area contributed by atoms with Gasteiger partial charge >= 0.3 is 0 Å². The highest BCUT2D eigenvalue weighted by atomic mass is 15.2. The molecule has 0 heterocycles. The van der Waals surface area contributed by atoms with Crippen LogP contribution >= 0.6 is 0 Å². The number of nitrogens with two attached hydrogens (primary N) is 1. The van der Waals surface area contributed by atoms with E-state index < -0.39 is 0 Å². The quantitative estimate of drug-likeness (QED) is 0.531. The van der Waals surface area contributed by atoms with Gasteiger partial charge in [-0.15, -0.1) is 0 Å². The molecule has 0 spiro atoms. The molecule has 0 fully saturated rings. The topological polar surface area (TPSA) is 38.0 Å². The minimum atomic E-state index is 0.485. The van der Waals surface area contributed by atoms with Crippen molar-refractivity contribution in [2.75, 3.05) is 0 Å². The molecule has 0 aliphatic heterocycles. The molecular weight excluding hydrogens is 184 g/mol. The molecular formula is C13H22N2. The average molecular weight is 206 g/mol. The first-order chi connectivity index (χ1) is 7.36. The number of hydrogen-bond acceptors (Lipinski definition) is 2. The summed E-state index contributed by atoms with van der Waals surface area (Å²) in [4.78, 5) is 0. The molecule has 0 amide bonds. The van der Waals surface area contributed by atoms with E-state index in [2.05, 4.69) is 42.7 Å².